The fraction of sp³-hybridized carbons (Fsp3) is 0.304. The van der Waals surface area contributed by atoms with Gasteiger partial charge in [-0.2, -0.15) is 0 Å². The lowest BCUT2D eigenvalue weighted by molar-refractivity contribution is 0.102. The first-order valence-corrected chi connectivity index (χ1v) is 11.6. The Kier molecular flexibility index (Phi) is 6.72. The summed E-state index contributed by atoms with van der Waals surface area (Å²) in [5.41, 5.74) is 3.36. The standard InChI is InChI=1S/C23H24ClN5O2S/c1-14-9-10-17(12-18(14)24)25-23(31)29-11-5-7-16(13-29)21-27-28-22(32-21)20(30)26-19-8-4-3-6-15(19)2/h3-4,6,8-10,12,16H,5,7,11,13H2,1-2H3,(H,25,31)(H,26,30). The summed E-state index contributed by atoms with van der Waals surface area (Å²) >= 11 is 7.45. The molecule has 0 spiro atoms. The van der Waals surface area contributed by atoms with E-state index in [0.29, 0.717) is 28.8 Å². The van der Waals surface area contributed by atoms with Gasteiger partial charge in [-0.1, -0.05) is 47.2 Å². The molecule has 0 bridgehead atoms. The molecule has 4 rings (SSSR count). The van der Waals surface area contributed by atoms with E-state index in [4.69, 9.17) is 11.6 Å². The number of aryl methyl sites for hydroxylation is 2. The van der Waals surface area contributed by atoms with Gasteiger partial charge in [-0.25, -0.2) is 4.79 Å². The zero-order valence-corrected chi connectivity index (χ0v) is 19.5. The van der Waals surface area contributed by atoms with Crippen LogP contribution in [0.15, 0.2) is 42.5 Å². The van der Waals surface area contributed by atoms with Crippen LogP contribution in [0, 0.1) is 13.8 Å². The highest BCUT2D eigenvalue weighted by Crippen LogP contribution is 2.30. The van der Waals surface area contributed by atoms with Crippen LogP contribution in [0.4, 0.5) is 16.2 Å². The van der Waals surface area contributed by atoms with E-state index >= 15 is 0 Å². The molecule has 0 saturated carbocycles. The summed E-state index contributed by atoms with van der Waals surface area (Å²) in [6, 6.07) is 12.9. The first-order chi connectivity index (χ1) is 15.4. The van der Waals surface area contributed by atoms with E-state index < -0.39 is 0 Å². The molecule has 1 aliphatic heterocycles. The molecule has 1 saturated heterocycles. The smallest absolute Gasteiger partial charge is 0.321 e. The number of hydrogen-bond acceptors (Lipinski definition) is 5. The number of halogens is 1. The van der Waals surface area contributed by atoms with E-state index in [0.717, 1.165) is 34.7 Å². The minimum Gasteiger partial charge on any atom is -0.324 e. The van der Waals surface area contributed by atoms with Crippen LogP contribution >= 0.6 is 22.9 Å². The molecule has 1 unspecified atom stereocenters. The fourth-order valence-electron chi connectivity index (χ4n) is 3.62. The van der Waals surface area contributed by atoms with Gasteiger partial charge in [0.2, 0.25) is 5.01 Å². The highest BCUT2D eigenvalue weighted by molar-refractivity contribution is 7.13. The highest BCUT2D eigenvalue weighted by atomic mass is 35.5. The Morgan fingerprint density at radius 3 is 2.69 bits per heavy atom. The summed E-state index contributed by atoms with van der Waals surface area (Å²) in [5.74, 6) is -0.224. The van der Waals surface area contributed by atoms with Gasteiger partial charge in [0, 0.05) is 35.4 Å². The number of benzene rings is 2. The zero-order chi connectivity index (χ0) is 22.7. The third-order valence-electron chi connectivity index (χ3n) is 5.51. The molecule has 32 heavy (non-hydrogen) atoms. The Labute approximate surface area is 195 Å². The summed E-state index contributed by atoms with van der Waals surface area (Å²) in [7, 11) is 0. The maximum Gasteiger partial charge on any atom is 0.321 e. The maximum atomic E-state index is 12.8. The van der Waals surface area contributed by atoms with Crippen LogP contribution in [0.25, 0.3) is 0 Å². The highest BCUT2D eigenvalue weighted by Gasteiger charge is 2.28. The van der Waals surface area contributed by atoms with E-state index in [1.165, 1.54) is 11.3 Å². The first kappa shape index (κ1) is 22.2. The van der Waals surface area contributed by atoms with Crippen LogP contribution < -0.4 is 10.6 Å². The van der Waals surface area contributed by atoms with Crippen molar-refractivity contribution >= 4 is 46.3 Å². The van der Waals surface area contributed by atoms with Crippen molar-refractivity contribution in [3.63, 3.8) is 0 Å². The van der Waals surface area contributed by atoms with Crippen LogP contribution in [-0.2, 0) is 0 Å². The summed E-state index contributed by atoms with van der Waals surface area (Å²) in [6.07, 6.45) is 1.76. The van der Waals surface area contributed by atoms with Crippen LogP contribution in [0.2, 0.25) is 5.02 Å². The molecule has 1 atom stereocenters. The second kappa shape index (κ2) is 9.67. The Morgan fingerprint density at radius 2 is 1.91 bits per heavy atom. The number of likely N-dealkylation sites (tertiary alicyclic amines) is 1. The largest absolute Gasteiger partial charge is 0.324 e. The van der Waals surface area contributed by atoms with E-state index in [1.54, 1.807) is 11.0 Å². The minimum absolute atomic E-state index is 0.0496. The molecule has 1 aliphatic rings. The molecule has 166 valence electrons. The Bertz CT molecular complexity index is 1150. The number of piperidine rings is 1. The molecule has 3 amide bonds. The predicted octanol–water partition coefficient (Wildman–Crippen LogP) is 5.47. The SMILES string of the molecule is Cc1ccc(NC(=O)N2CCCC(c3nnc(C(=O)Nc4ccccc4C)s3)C2)cc1Cl. The zero-order valence-electron chi connectivity index (χ0n) is 17.9. The van der Waals surface area contributed by atoms with Gasteiger partial charge in [0.05, 0.1) is 0 Å². The van der Waals surface area contributed by atoms with E-state index in [9.17, 15) is 9.59 Å². The van der Waals surface area contributed by atoms with Crippen molar-refractivity contribution in [3.05, 3.63) is 68.6 Å². The summed E-state index contributed by atoms with van der Waals surface area (Å²) in [5, 5.41) is 15.9. The molecule has 7 nitrogen and oxygen atoms in total. The first-order valence-electron chi connectivity index (χ1n) is 10.4. The van der Waals surface area contributed by atoms with Crippen molar-refractivity contribution in [2.45, 2.75) is 32.6 Å². The topological polar surface area (TPSA) is 87.2 Å². The van der Waals surface area contributed by atoms with Crippen molar-refractivity contribution in [1.29, 1.82) is 0 Å². The van der Waals surface area contributed by atoms with Crippen molar-refractivity contribution in [2.75, 3.05) is 23.7 Å². The molecule has 0 radical (unpaired) electrons. The number of carbonyl (C=O) groups is 2. The number of hydrogen-bond donors (Lipinski definition) is 2. The second-order valence-electron chi connectivity index (χ2n) is 7.89. The van der Waals surface area contributed by atoms with Gasteiger partial charge in [0.25, 0.3) is 5.91 Å². The fourth-order valence-corrected chi connectivity index (χ4v) is 4.66. The van der Waals surface area contributed by atoms with Gasteiger partial charge in [-0.05, 0) is 56.0 Å². The van der Waals surface area contributed by atoms with Gasteiger partial charge >= 0.3 is 6.03 Å². The number of urea groups is 1. The second-order valence-corrected chi connectivity index (χ2v) is 9.31. The van der Waals surface area contributed by atoms with E-state index in [1.807, 2.05) is 50.2 Å². The number of nitrogens with one attached hydrogen (secondary N) is 2. The van der Waals surface area contributed by atoms with Crippen LogP contribution in [-0.4, -0.2) is 40.1 Å². The molecule has 1 aromatic heterocycles. The van der Waals surface area contributed by atoms with E-state index in [2.05, 4.69) is 20.8 Å². The molecular formula is C23H24ClN5O2S. The number of carbonyl (C=O) groups excluding carboxylic acids is 2. The van der Waals surface area contributed by atoms with Crippen LogP contribution in [0.5, 0.6) is 0 Å². The summed E-state index contributed by atoms with van der Waals surface area (Å²) in [6.45, 7) is 5.05. The van der Waals surface area contributed by atoms with Crippen LogP contribution in [0.1, 0.15) is 44.7 Å². The normalized spacial score (nSPS) is 16.0. The molecule has 0 aliphatic carbocycles. The third kappa shape index (κ3) is 5.08. The lowest BCUT2D eigenvalue weighted by Crippen LogP contribution is -2.41. The average Bonchev–Trinajstić information content (AvgIpc) is 3.28. The molecule has 3 aromatic rings. The predicted molar refractivity (Wildman–Crippen MR) is 128 cm³/mol. The van der Waals surface area contributed by atoms with Crippen molar-refractivity contribution < 1.29 is 9.59 Å². The summed E-state index contributed by atoms with van der Waals surface area (Å²) < 4.78 is 0. The molecule has 2 N–H and O–H groups in total. The number of nitrogens with zero attached hydrogens (tertiary/aromatic N) is 3. The molecule has 2 aromatic carbocycles. The lowest BCUT2D eigenvalue weighted by atomic mass is 9.99. The Balaban J connectivity index is 1.39. The summed E-state index contributed by atoms with van der Waals surface area (Å²) in [4.78, 5) is 27.1. The lowest BCUT2D eigenvalue weighted by Gasteiger charge is -2.31. The quantitative estimate of drug-likeness (QED) is 0.530. The van der Waals surface area contributed by atoms with Gasteiger partial charge in [-0.3, -0.25) is 4.79 Å². The van der Waals surface area contributed by atoms with Crippen molar-refractivity contribution in [2.24, 2.45) is 0 Å². The number of rotatable bonds is 4. The monoisotopic (exact) mass is 469 g/mol. The minimum atomic E-state index is -0.273. The number of amides is 3. The molecule has 2 heterocycles. The average molecular weight is 470 g/mol. The third-order valence-corrected chi connectivity index (χ3v) is 7.00. The van der Waals surface area contributed by atoms with Crippen molar-refractivity contribution in [1.82, 2.24) is 15.1 Å². The van der Waals surface area contributed by atoms with Crippen LogP contribution in [0.3, 0.4) is 0 Å². The Hall–Kier alpha value is -2.97. The number of aromatic nitrogens is 2. The van der Waals surface area contributed by atoms with E-state index in [-0.39, 0.29) is 17.9 Å². The van der Waals surface area contributed by atoms with Gasteiger partial charge < -0.3 is 15.5 Å². The number of anilines is 2. The Morgan fingerprint density at radius 1 is 1.09 bits per heavy atom. The molecule has 1 fully saturated rings. The molecular weight excluding hydrogens is 446 g/mol. The number of para-hydroxylation sites is 1. The van der Waals surface area contributed by atoms with Gasteiger partial charge in [-0.15, -0.1) is 10.2 Å². The van der Waals surface area contributed by atoms with Crippen molar-refractivity contribution in [3.8, 4) is 0 Å². The maximum absolute atomic E-state index is 12.8. The van der Waals surface area contributed by atoms with Gasteiger partial charge in [0.1, 0.15) is 5.01 Å². The van der Waals surface area contributed by atoms with Gasteiger partial charge in [0.15, 0.2) is 0 Å². The molecule has 9 heteroatoms.